The highest BCUT2D eigenvalue weighted by molar-refractivity contribution is 7.48. The Kier molecular flexibility index (Phi) is 18.2. The van der Waals surface area contributed by atoms with Gasteiger partial charge in [0.25, 0.3) is 16.7 Å². The number of nitrogens with two attached hydrogens (primary N) is 3. The molecule has 12 rings (SSSR count). The zero-order valence-corrected chi connectivity index (χ0v) is 52.1. The molecule has 4 saturated heterocycles. The average Bonchev–Trinajstić information content (AvgIpc) is 1.64. The van der Waals surface area contributed by atoms with Crippen molar-refractivity contribution in [1.82, 2.24) is 68.1 Å². The molecule has 0 aliphatic carbocycles. The van der Waals surface area contributed by atoms with Crippen LogP contribution in [0.5, 0.6) is 5.75 Å². The Labute approximate surface area is 516 Å². The van der Waals surface area contributed by atoms with E-state index in [2.05, 4.69) is 49.8 Å². The topological polar surface area (TPSA) is 601 Å². The van der Waals surface area contributed by atoms with E-state index >= 15 is 0 Å². The molecule has 4 bridgehead atoms. The maximum absolute atomic E-state index is 14.5. The Hall–Kier alpha value is -6.71. The van der Waals surface area contributed by atoms with Gasteiger partial charge in [-0.1, -0.05) is 0 Å². The van der Waals surface area contributed by atoms with Crippen molar-refractivity contribution < 1.29 is 112 Å². The minimum Gasteiger partial charge on any atom is -0.476 e. The fourth-order valence-corrected chi connectivity index (χ4v) is 15.1. The van der Waals surface area contributed by atoms with Crippen LogP contribution in [0.15, 0.2) is 50.7 Å². The number of nitrogens with zero attached hydrogens (tertiary/aromatic N) is 11. The van der Waals surface area contributed by atoms with Crippen LogP contribution in [0, 0.1) is 0 Å². The van der Waals surface area contributed by atoms with Crippen LogP contribution in [0.3, 0.4) is 0 Å². The van der Waals surface area contributed by atoms with E-state index in [4.69, 9.17) is 91.3 Å². The summed E-state index contributed by atoms with van der Waals surface area (Å²) in [4.78, 5) is 134. The highest BCUT2D eigenvalue weighted by Crippen LogP contribution is 2.56. The zero-order chi connectivity index (χ0) is 66.4. The van der Waals surface area contributed by atoms with Crippen molar-refractivity contribution in [2.45, 2.75) is 112 Å². The molecule has 4 fully saturated rings. The lowest BCUT2D eigenvalue weighted by molar-refractivity contribution is -0.0672. The zero-order valence-electron chi connectivity index (χ0n) is 48.5. The van der Waals surface area contributed by atoms with Crippen LogP contribution in [0.2, 0.25) is 0 Å². The van der Waals surface area contributed by atoms with Crippen molar-refractivity contribution in [1.29, 1.82) is 0 Å². The summed E-state index contributed by atoms with van der Waals surface area (Å²) in [5.41, 5.74) is 13.3. The number of methoxy groups -OCH3 is 3. The normalized spacial score (nSPS) is 32.6. The number of nitrogen functional groups attached to an aromatic ring is 3. The fraction of sp³-hybridized carbons (Fsp3) is 0.568. The van der Waals surface area contributed by atoms with E-state index in [1.807, 2.05) is 0 Å². The highest BCUT2D eigenvalue weighted by atomic mass is 31.2. The molecule has 13 N–H and O–H groups in total. The van der Waals surface area contributed by atoms with Gasteiger partial charge in [-0.05, 0) is 13.8 Å². The molecule has 7 aromatic rings. The van der Waals surface area contributed by atoms with Crippen molar-refractivity contribution in [3.63, 3.8) is 0 Å². The molecule has 0 spiro atoms. The lowest BCUT2D eigenvalue weighted by Crippen LogP contribution is -2.43. The van der Waals surface area contributed by atoms with Gasteiger partial charge >= 0.3 is 37.0 Å². The number of rotatable bonds is 20. The number of aromatic nitrogens is 14. The van der Waals surface area contributed by atoms with Gasteiger partial charge in [-0.25, -0.2) is 48.0 Å². The molecule has 20 atom stereocenters. The largest absolute Gasteiger partial charge is 0.476 e. The van der Waals surface area contributed by atoms with Gasteiger partial charge in [0.05, 0.1) is 57.7 Å². The van der Waals surface area contributed by atoms with Crippen molar-refractivity contribution in [2.24, 2.45) is 0 Å². The predicted octanol–water partition coefficient (Wildman–Crippen LogP) is -2.17. The van der Waals surface area contributed by atoms with E-state index in [0.717, 1.165) is 39.4 Å². The lowest BCUT2D eigenvalue weighted by atomic mass is 10.1. The third-order valence-electron chi connectivity index (χ3n) is 15.2. The summed E-state index contributed by atoms with van der Waals surface area (Å²) >= 11 is 0. The van der Waals surface area contributed by atoms with Gasteiger partial charge in [0.15, 0.2) is 64.8 Å². The number of anilines is 3. The maximum atomic E-state index is 14.5. The molecule has 5 aliphatic rings. The van der Waals surface area contributed by atoms with Gasteiger partial charge in [0.1, 0.15) is 72.9 Å². The number of ether oxygens (including phenoxy) is 8. The van der Waals surface area contributed by atoms with Crippen LogP contribution >= 0.6 is 31.3 Å². The summed E-state index contributed by atoms with van der Waals surface area (Å²) in [6, 6.07) is 0. The van der Waals surface area contributed by atoms with Crippen LogP contribution in [0.4, 0.5) is 17.7 Å². The second-order valence-electron chi connectivity index (χ2n) is 20.9. The van der Waals surface area contributed by atoms with E-state index in [9.17, 15) is 57.0 Å². The third kappa shape index (κ3) is 12.9. The number of aromatic amines is 3. The molecule has 93 heavy (non-hydrogen) atoms. The van der Waals surface area contributed by atoms with Crippen LogP contribution in [-0.2, 0) is 87.6 Å². The Balaban J connectivity index is 0.831. The summed E-state index contributed by atoms with van der Waals surface area (Å²) in [5, 5.41) is 0. The summed E-state index contributed by atoms with van der Waals surface area (Å²) in [7, 11) is -18.2. The van der Waals surface area contributed by atoms with Gasteiger partial charge in [0, 0.05) is 21.3 Å². The molecule has 0 amide bonds. The minimum atomic E-state index is -5.69. The Bertz CT molecular complexity index is 4430. The van der Waals surface area contributed by atoms with Crippen molar-refractivity contribution in [3.05, 3.63) is 73.1 Å². The smallest absolute Gasteiger partial charge is 0.472 e. The first-order chi connectivity index (χ1) is 44.1. The van der Waals surface area contributed by atoms with Crippen molar-refractivity contribution in [2.75, 3.05) is 65.0 Å². The van der Waals surface area contributed by atoms with Gasteiger partial charge in [0.2, 0.25) is 17.6 Å². The number of nitrogens with one attached hydrogen (secondary N) is 3. The van der Waals surface area contributed by atoms with E-state index in [-0.39, 0.29) is 57.8 Å². The Morgan fingerprint density at radius 3 is 1.74 bits per heavy atom. The second-order valence-corrected chi connectivity index (χ2v) is 26.5. The molecule has 12 heterocycles. The monoisotopic (exact) mass is 1400 g/mol. The van der Waals surface area contributed by atoms with E-state index < -0.39 is 177 Å². The molecule has 0 radical (unpaired) electrons. The quantitative estimate of drug-likeness (QED) is 0.0363. The SMILES string of the molecule is CCOP(=O)(O)OC1C(OC)[C@H](n2cnc3c(=O)[nH]c(N)nc32)O[C@@H]1COP(=O)(O)OC1[C@H]2COP(=O)(O)OC3C(Oc4cn(c(=O)[nH]c4=O)[C@H](O2)[C@H]1OC)[C@H](n1cnc2c(N)ncnc21)O[C@@H]3COP(=O)(O)OC1C(OC)[C@H](n2cnc3c(=O)[nH]c(N)nc32)O[C@@H]1C. The predicted molar refractivity (Wildman–Crippen MR) is 303 cm³/mol. The van der Waals surface area contributed by atoms with Crippen molar-refractivity contribution in [3.8, 4) is 5.75 Å². The number of H-pyrrole nitrogens is 3. The van der Waals surface area contributed by atoms with Crippen LogP contribution in [0.1, 0.15) is 38.8 Å². The Morgan fingerprint density at radius 2 is 1.13 bits per heavy atom. The first-order valence-electron chi connectivity index (χ1n) is 27.3. The molecular formula is C44H57N17O28P4. The highest BCUT2D eigenvalue weighted by Gasteiger charge is 2.57. The number of hydrogen-bond acceptors (Lipinski definition) is 34. The maximum Gasteiger partial charge on any atom is 0.472 e. The summed E-state index contributed by atoms with van der Waals surface area (Å²) in [6.07, 6.45) is -20.7. The molecule has 7 aromatic heterocycles. The molecule has 506 valence electrons. The minimum absolute atomic E-state index is 0.00169. The van der Waals surface area contributed by atoms with E-state index in [1.165, 1.54) is 41.0 Å². The lowest BCUT2D eigenvalue weighted by Gasteiger charge is -2.29. The summed E-state index contributed by atoms with van der Waals surface area (Å²) in [5.74, 6) is -1.49. The average molecular weight is 1400 g/mol. The van der Waals surface area contributed by atoms with Gasteiger partial charge < -0.3 is 74.7 Å². The van der Waals surface area contributed by atoms with Gasteiger partial charge in [-0.15, -0.1) is 0 Å². The molecular weight excluding hydrogens is 1340 g/mol. The summed E-state index contributed by atoms with van der Waals surface area (Å²) in [6.45, 7) is -0.762. The summed E-state index contributed by atoms with van der Waals surface area (Å²) < 4.78 is 152. The van der Waals surface area contributed by atoms with Crippen LogP contribution in [0.25, 0.3) is 33.5 Å². The molecule has 0 saturated carbocycles. The number of imidazole rings is 3. The third-order valence-corrected chi connectivity index (χ3v) is 19.2. The fourth-order valence-electron chi connectivity index (χ4n) is 11.2. The van der Waals surface area contributed by atoms with E-state index in [0.29, 0.717) is 4.57 Å². The number of hydrogen-bond donors (Lipinski definition) is 10. The van der Waals surface area contributed by atoms with E-state index in [1.54, 1.807) is 0 Å². The van der Waals surface area contributed by atoms with Crippen LogP contribution < -0.4 is 44.3 Å². The molecule has 11 unspecified atom stereocenters. The van der Waals surface area contributed by atoms with Crippen molar-refractivity contribution >= 4 is 82.5 Å². The van der Waals surface area contributed by atoms with Gasteiger partial charge in [-0.2, -0.15) is 9.97 Å². The molecule has 0 aromatic carbocycles. The molecule has 5 aliphatic heterocycles. The standard InChI is InChI=1S/C44H57N17O28P4/c1-6-77-90(66,67)87-25-18(84-40(29(25)76-5)61-14-52-22-34(61)54-43(47)56-37(22)64)9-79-92(70,71)88-24-17-8-80-93(72,73)89-26-19(10-78-91(68,69)86-23-15(2)81-39(27(23)74-3)60-13-51-21-33(60)53-42(46)55-36(21)63)85-41(59-12-50-20-31(45)48-11-49-32(20)59)30(26)82-16-7-58(44(65)57-35(16)62)38(83-17)28(24)75-4/h7,11-15,17-19,23-30,38-41H,6,8-10H2,1-5H3,(H,66,67)(H,68,69)(H,70,71)(H,72,73)(H2,45,48,49)(H,57,62,65)(H3,46,53,55,63)(H3,47,54,56,64)/t15-,17-,18-,19-,23?,24?,25?,26?,27?,28+,29?,30?,38-,39-,40-,41-/m1/s1. The van der Waals surface area contributed by atoms with Crippen LogP contribution in [-0.4, -0.2) is 209 Å². The molecule has 49 heteroatoms. The number of phosphoric acid groups is 4. The van der Waals surface area contributed by atoms with Gasteiger partial charge in [-0.3, -0.25) is 83.8 Å². The first-order valence-corrected chi connectivity index (χ1v) is 33.3. The second kappa shape index (κ2) is 25.5. The number of phosphoric ester groups is 4. The first kappa shape index (κ1) is 66.3. The molecule has 45 nitrogen and oxygen atoms in total. The number of fused-ring (bicyclic) bond motifs is 9. The Morgan fingerprint density at radius 1 is 0.613 bits per heavy atom.